The van der Waals surface area contributed by atoms with Crippen LogP contribution in [0.2, 0.25) is 0 Å². The van der Waals surface area contributed by atoms with Gasteiger partial charge in [0.15, 0.2) is 23.9 Å². The minimum Gasteiger partial charge on any atom is -0.493 e. The Labute approximate surface area is 175 Å². The molecule has 2 aromatic carbocycles. The van der Waals surface area contributed by atoms with Crippen LogP contribution in [0.25, 0.3) is 11.0 Å². The van der Waals surface area contributed by atoms with E-state index >= 15 is 0 Å². The average Bonchev–Trinajstić information content (AvgIpc) is 2.78. The van der Waals surface area contributed by atoms with Gasteiger partial charge in [-0.15, -0.1) is 0 Å². The van der Waals surface area contributed by atoms with Crippen molar-refractivity contribution >= 4 is 11.0 Å². The Morgan fingerprint density at radius 3 is 2.47 bits per heavy atom. The van der Waals surface area contributed by atoms with Gasteiger partial charge in [0, 0.05) is 41.6 Å². The van der Waals surface area contributed by atoms with Gasteiger partial charge in [0.2, 0.25) is 0 Å². The lowest BCUT2D eigenvalue weighted by molar-refractivity contribution is -0.697. The summed E-state index contributed by atoms with van der Waals surface area (Å²) < 4.78 is 18.8. The van der Waals surface area contributed by atoms with Crippen LogP contribution >= 0.6 is 0 Å². The Morgan fingerprint density at radius 2 is 1.70 bits per heavy atom. The van der Waals surface area contributed by atoms with Crippen LogP contribution in [0, 0.1) is 0 Å². The molecule has 2 aromatic heterocycles. The molecule has 0 fully saturated rings. The summed E-state index contributed by atoms with van der Waals surface area (Å²) in [7, 11) is 1.59. The summed E-state index contributed by atoms with van der Waals surface area (Å²) in [6, 6.07) is 21.2. The first-order valence-corrected chi connectivity index (χ1v) is 9.98. The Kier molecular flexibility index (Phi) is 6.09. The highest BCUT2D eigenvalue weighted by molar-refractivity contribution is 5.80. The third kappa shape index (κ3) is 4.87. The van der Waals surface area contributed by atoms with Crippen LogP contribution in [-0.2, 0) is 19.6 Å². The second kappa shape index (κ2) is 9.27. The quantitative estimate of drug-likeness (QED) is 0.326. The number of methoxy groups -OCH3 is 1. The van der Waals surface area contributed by atoms with Crippen molar-refractivity contribution in [2.24, 2.45) is 0 Å². The summed E-state index contributed by atoms with van der Waals surface area (Å²) in [5.41, 5.74) is 2.50. The van der Waals surface area contributed by atoms with Crippen molar-refractivity contribution in [2.45, 2.75) is 26.0 Å². The normalized spacial score (nSPS) is 10.8. The molecule has 0 atom stereocenters. The number of benzene rings is 2. The lowest BCUT2D eigenvalue weighted by atomic mass is 10.1. The molecule has 0 unspecified atom stereocenters. The maximum atomic E-state index is 11.5. The van der Waals surface area contributed by atoms with Crippen LogP contribution in [0.1, 0.15) is 17.5 Å². The Bertz CT molecular complexity index is 1170. The van der Waals surface area contributed by atoms with Crippen molar-refractivity contribution in [3.63, 3.8) is 0 Å². The number of hydrogen-bond acceptors (Lipinski definition) is 4. The minimum absolute atomic E-state index is 0.390. The van der Waals surface area contributed by atoms with Crippen LogP contribution in [0.4, 0.5) is 0 Å². The van der Waals surface area contributed by atoms with Gasteiger partial charge in [-0.25, -0.2) is 9.36 Å². The van der Waals surface area contributed by atoms with Crippen molar-refractivity contribution in [3.05, 3.63) is 101 Å². The van der Waals surface area contributed by atoms with Gasteiger partial charge in [-0.1, -0.05) is 30.3 Å². The van der Waals surface area contributed by atoms with Gasteiger partial charge in [0.05, 0.1) is 7.11 Å². The maximum absolute atomic E-state index is 11.5. The zero-order chi connectivity index (χ0) is 20.8. The van der Waals surface area contributed by atoms with Crippen molar-refractivity contribution in [1.82, 2.24) is 0 Å². The van der Waals surface area contributed by atoms with Crippen molar-refractivity contribution in [3.8, 4) is 11.5 Å². The minimum atomic E-state index is -0.390. The van der Waals surface area contributed by atoms with Crippen molar-refractivity contribution < 1.29 is 18.5 Å². The average molecular weight is 402 g/mol. The van der Waals surface area contributed by atoms with E-state index in [1.807, 2.05) is 6.07 Å². The van der Waals surface area contributed by atoms with E-state index in [1.54, 1.807) is 25.3 Å². The first kappa shape index (κ1) is 19.7. The SMILES string of the molecule is COc1cc2ccc(=O)oc2cc1OCc1cc[n+](CCCc2ccccc2)cc1. The van der Waals surface area contributed by atoms with Gasteiger partial charge in [-0.3, -0.25) is 0 Å². The molecular weight excluding hydrogens is 378 g/mol. The fourth-order valence-corrected chi connectivity index (χ4v) is 3.35. The molecule has 0 saturated carbocycles. The lowest BCUT2D eigenvalue weighted by Gasteiger charge is -2.11. The molecule has 0 aliphatic carbocycles. The van der Waals surface area contributed by atoms with Crippen LogP contribution in [0.3, 0.4) is 0 Å². The highest BCUT2D eigenvalue weighted by Gasteiger charge is 2.10. The highest BCUT2D eigenvalue weighted by Crippen LogP contribution is 2.32. The zero-order valence-corrected chi connectivity index (χ0v) is 16.9. The van der Waals surface area contributed by atoms with Crippen molar-refractivity contribution in [2.75, 3.05) is 7.11 Å². The summed E-state index contributed by atoms with van der Waals surface area (Å²) in [5, 5.41) is 0.787. The predicted octanol–water partition coefficient (Wildman–Crippen LogP) is 4.30. The molecule has 2 heterocycles. The third-order valence-corrected chi connectivity index (χ3v) is 4.98. The molecule has 0 aliphatic rings. The van der Waals surface area contributed by atoms with Crippen LogP contribution in [0.15, 0.2) is 88.3 Å². The van der Waals surface area contributed by atoms with E-state index in [1.165, 1.54) is 11.6 Å². The first-order valence-electron chi connectivity index (χ1n) is 9.98. The van der Waals surface area contributed by atoms with E-state index in [4.69, 9.17) is 13.9 Å². The fourth-order valence-electron chi connectivity index (χ4n) is 3.35. The molecule has 5 nitrogen and oxygen atoms in total. The Balaban J connectivity index is 1.37. The standard InChI is InChI=1S/C25H24NO4/c1-28-23-16-21-9-10-25(27)30-22(21)17-24(23)29-18-20-11-14-26(15-12-20)13-5-8-19-6-3-2-4-7-19/h2-4,6-7,9-12,14-17H,5,8,13,18H2,1H3/q+1. The molecule has 5 heteroatoms. The number of nitrogens with zero attached hydrogens (tertiary/aromatic N) is 1. The molecular formula is C25H24NO4+. The number of ether oxygens (including phenoxy) is 2. The van der Waals surface area contributed by atoms with E-state index in [0.29, 0.717) is 23.7 Å². The van der Waals surface area contributed by atoms with Crippen LogP contribution in [0.5, 0.6) is 11.5 Å². The Morgan fingerprint density at radius 1 is 0.900 bits per heavy atom. The second-order valence-electron chi connectivity index (χ2n) is 7.12. The first-order chi connectivity index (χ1) is 14.7. The van der Waals surface area contributed by atoms with E-state index in [-0.39, 0.29) is 0 Å². The van der Waals surface area contributed by atoms with Gasteiger partial charge >= 0.3 is 5.63 Å². The summed E-state index contributed by atoms with van der Waals surface area (Å²) in [4.78, 5) is 11.5. The predicted molar refractivity (Wildman–Crippen MR) is 115 cm³/mol. The molecule has 0 N–H and O–H groups in total. The molecule has 0 spiro atoms. The molecule has 30 heavy (non-hydrogen) atoms. The molecule has 4 aromatic rings. The van der Waals surface area contributed by atoms with Gasteiger partial charge in [0.25, 0.3) is 0 Å². The van der Waals surface area contributed by atoms with Gasteiger partial charge in [-0.2, -0.15) is 0 Å². The summed E-state index contributed by atoms with van der Waals surface area (Å²) in [6.45, 7) is 1.36. The summed E-state index contributed by atoms with van der Waals surface area (Å²) in [5.74, 6) is 1.14. The zero-order valence-electron chi connectivity index (χ0n) is 16.9. The van der Waals surface area contributed by atoms with Crippen LogP contribution < -0.4 is 19.7 Å². The molecule has 0 amide bonds. The van der Waals surface area contributed by atoms with E-state index in [0.717, 1.165) is 30.3 Å². The topological polar surface area (TPSA) is 52.6 Å². The largest absolute Gasteiger partial charge is 0.493 e. The number of fused-ring (bicyclic) bond motifs is 1. The van der Waals surface area contributed by atoms with Gasteiger partial charge in [-0.05, 0) is 24.1 Å². The number of pyridine rings is 1. The molecule has 0 aliphatic heterocycles. The van der Waals surface area contributed by atoms with Crippen LogP contribution in [-0.4, -0.2) is 7.11 Å². The van der Waals surface area contributed by atoms with Gasteiger partial charge in [0.1, 0.15) is 18.7 Å². The monoisotopic (exact) mass is 402 g/mol. The van der Waals surface area contributed by atoms with Gasteiger partial charge < -0.3 is 13.9 Å². The van der Waals surface area contributed by atoms with E-state index < -0.39 is 5.63 Å². The lowest BCUT2D eigenvalue weighted by Crippen LogP contribution is -2.32. The van der Waals surface area contributed by atoms with E-state index in [9.17, 15) is 4.79 Å². The molecule has 0 saturated heterocycles. The molecule has 0 bridgehead atoms. The number of rotatable bonds is 8. The fraction of sp³-hybridized carbons (Fsp3) is 0.200. The number of hydrogen-bond donors (Lipinski definition) is 0. The summed E-state index contributed by atoms with van der Waals surface area (Å²) in [6.07, 6.45) is 6.29. The van der Waals surface area contributed by atoms with Crippen molar-refractivity contribution in [1.29, 1.82) is 0 Å². The number of aryl methyl sites for hydroxylation is 2. The molecule has 4 rings (SSSR count). The Hall–Kier alpha value is -3.60. The highest BCUT2D eigenvalue weighted by atomic mass is 16.5. The maximum Gasteiger partial charge on any atom is 0.336 e. The smallest absolute Gasteiger partial charge is 0.336 e. The molecule has 0 radical (unpaired) electrons. The van der Waals surface area contributed by atoms with E-state index in [2.05, 4.69) is 53.4 Å². The number of aromatic nitrogens is 1. The third-order valence-electron chi connectivity index (χ3n) is 4.98. The molecule has 152 valence electrons. The summed E-state index contributed by atoms with van der Waals surface area (Å²) >= 11 is 0. The second-order valence-corrected chi connectivity index (χ2v) is 7.12.